The quantitative estimate of drug-likeness (QED) is 0.843. The van der Waals surface area contributed by atoms with Gasteiger partial charge in [-0.1, -0.05) is 48.5 Å². The van der Waals surface area contributed by atoms with Crippen molar-refractivity contribution in [3.05, 3.63) is 59.7 Å². The number of rotatable bonds is 2. The monoisotopic (exact) mass is 335 g/mol. The van der Waals surface area contributed by atoms with E-state index in [0.717, 1.165) is 39.3 Å². The second-order valence-corrected chi connectivity index (χ2v) is 7.14. The van der Waals surface area contributed by atoms with Crippen molar-refractivity contribution in [2.24, 2.45) is 0 Å². The first-order valence-corrected chi connectivity index (χ1v) is 9.05. The van der Waals surface area contributed by atoms with Gasteiger partial charge >= 0.3 is 0 Å². The number of nitrogens with zero attached hydrogens (tertiary/aromatic N) is 3. The minimum atomic E-state index is 0.255. The molecule has 130 valence electrons. The smallest absolute Gasteiger partial charge is 0.236 e. The summed E-state index contributed by atoms with van der Waals surface area (Å²) in [7, 11) is 2.12. The third-order valence-electron chi connectivity index (χ3n) is 5.33. The number of hydrogen-bond donors (Lipinski definition) is 0. The molecule has 2 aliphatic heterocycles. The zero-order valence-corrected chi connectivity index (χ0v) is 14.8. The van der Waals surface area contributed by atoms with E-state index in [2.05, 4.69) is 65.4 Å². The molecule has 0 N–H and O–H groups in total. The van der Waals surface area contributed by atoms with Crippen LogP contribution in [-0.4, -0.2) is 60.4 Å². The highest BCUT2D eigenvalue weighted by molar-refractivity contribution is 5.79. The van der Waals surface area contributed by atoms with Crippen LogP contribution in [0.15, 0.2) is 48.5 Å². The fourth-order valence-electron chi connectivity index (χ4n) is 3.84. The van der Waals surface area contributed by atoms with Gasteiger partial charge in [0.25, 0.3) is 0 Å². The molecule has 0 saturated carbocycles. The number of hydrogen-bond acceptors (Lipinski definition) is 3. The fourth-order valence-corrected chi connectivity index (χ4v) is 3.84. The molecule has 2 aromatic rings. The number of fused-ring (bicyclic) bond motifs is 3. The van der Waals surface area contributed by atoms with E-state index in [1.54, 1.807) is 0 Å². The Morgan fingerprint density at radius 2 is 1.36 bits per heavy atom. The van der Waals surface area contributed by atoms with Gasteiger partial charge in [-0.05, 0) is 29.3 Å². The lowest BCUT2D eigenvalue weighted by atomic mass is 9.97. The zero-order chi connectivity index (χ0) is 17.2. The van der Waals surface area contributed by atoms with Crippen molar-refractivity contribution in [2.45, 2.75) is 13.1 Å². The second-order valence-electron chi connectivity index (χ2n) is 7.14. The number of likely N-dealkylation sites (N-methyl/N-ethyl adjacent to an activating group) is 1. The Bertz CT molecular complexity index is 718. The normalized spacial score (nSPS) is 18.4. The zero-order valence-electron chi connectivity index (χ0n) is 14.8. The van der Waals surface area contributed by atoms with Crippen LogP contribution in [0, 0.1) is 0 Å². The number of benzene rings is 2. The molecule has 1 amide bonds. The molecule has 2 heterocycles. The SMILES string of the molecule is CN1CCN(C(=O)CN2Cc3ccccc3-c3ccccc3C2)CC1. The van der Waals surface area contributed by atoms with Gasteiger partial charge in [0.05, 0.1) is 6.54 Å². The van der Waals surface area contributed by atoms with E-state index in [4.69, 9.17) is 0 Å². The van der Waals surface area contributed by atoms with E-state index in [0.29, 0.717) is 6.54 Å². The van der Waals surface area contributed by atoms with Gasteiger partial charge in [-0.25, -0.2) is 0 Å². The van der Waals surface area contributed by atoms with E-state index >= 15 is 0 Å². The Kier molecular flexibility index (Phi) is 4.55. The van der Waals surface area contributed by atoms with Crippen LogP contribution in [0.5, 0.6) is 0 Å². The van der Waals surface area contributed by atoms with Crippen LogP contribution >= 0.6 is 0 Å². The van der Waals surface area contributed by atoms with Gasteiger partial charge in [-0.2, -0.15) is 0 Å². The van der Waals surface area contributed by atoms with Crippen molar-refractivity contribution >= 4 is 5.91 Å². The highest BCUT2D eigenvalue weighted by Crippen LogP contribution is 2.32. The van der Waals surface area contributed by atoms with Crippen molar-refractivity contribution < 1.29 is 4.79 Å². The Labute approximate surface area is 149 Å². The van der Waals surface area contributed by atoms with Gasteiger partial charge < -0.3 is 9.80 Å². The van der Waals surface area contributed by atoms with Gasteiger partial charge in [0.1, 0.15) is 0 Å². The van der Waals surface area contributed by atoms with Crippen LogP contribution in [0.1, 0.15) is 11.1 Å². The van der Waals surface area contributed by atoms with E-state index in [-0.39, 0.29) is 5.91 Å². The molecule has 0 atom stereocenters. The van der Waals surface area contributed by atoms with E-state index < -0.39 is 0 Å². The minimum absolute atomic E-state index is 0.255. The third kappa shape index (κ3) is 3.46. The summed E-state index contributed by atoms with van der Waals surface area (Å²) in [5.41, 5.74) is 5.21. The summed E-state index contributed by atoms with van der Waals surface area (Å²) in [5, 5.41) is 0. The molecule has 0 spiro atoms. The molecule has 2 aromatic carbocycles. The van der Waals surface area contributed by atoms with Crippen LogP contribution in [-0.2, 0) is 17.9 Å². The van der Waals surface area contributed by atoms with Crippen LogP contribution in [0.2, 0.25) is 0 Å². The summed E-state index contributed by atoms with van der Waals surface area (Å²) in [5.74, 6) is 0.255. The maximum absolute atomic E-state index is 12.8. The summed E-state index contributed by atoms with van der Waals surface area (Å²) in [6.07, 6.45) is 0. The molecule has 0 radical (unpaired) electrons. The third-order valence-corrected chi connectivity index (χ3v) is 5.33. The molecular formula is C21H25N3O. The Morgan fingerprint density at radius 1 is 0.840 bits per heavy atom. The molecular weight excluding hydrogens is 310 g/mol. The van der Waals surface area contributed by atoms with Gasteiger partial charge in [-0.15, -0.1) is 0 Å². The largest absolute Gasteiger partial charge is 0.339 e. The highest BCUT2D eigenvalue weighted by Gasteiger charge is 2.24. The lowest BCUT2D eigenvalue weighted by molar-refractivity contribution is -0.134. The van der Waals surface area contributed by atoms with Gasteiger partial charge in [0.15, 0.2) is 0 Å². The molecule has 0 aromatic heterocycles. The first kappa shape index (κ1) is 16.3. The van der Waals surface area contributed by atoms with Gasteiger partial charge in [0.2, 0.25) is 5.91 Å². The number of amides is 1. The Balaban J connectivity index is 1.55. The number of carbonyl (C=O) groups is 1. The molecule has 1 fully saturated rings. The molecule has 2 aliphatic rings. The Hall–Kier alpha value is -2.17. The van der Waals surface area contributed by atoms with Crippen LogP contribution in [0.3, 0.4) is 0 Å². The first-order chi connectivity index (χ1) is 12.2. The maximum atomic E-state index is 12.8. The average Bonchev–Trinajstić information content (AvgIpc) is 2.78. The summed E-state index contributed by atoms with van der Waals surface area (Å²) in [6, 6.07) is 17.1. The summed E-state index contributed by atoms with van der Waals surface area (Å²) >= 11 is 0. The van der Waals surface area contributed by atoms with Crippen LogP contribution in [0.25, 0.3) is 11.1 Å². The van der Waals surface area contributed by atoms with Crippen molar-refractivity contribution in [1.29, 1.82) is 0 Å². The predicted octanol–water partition coefficient (Wildman–Crippen LogP) is 2.44. The van der Waals surface area contributed by atoms with E-state index in [9.17, 15) is 4.79 Å². The fraction of sp³-hybridized carbons (Fsp3) is 0.381. The Morgan fingerprint density at radius 3 is 1.92 bits per heavy atom. The molecule has 4 heteroatoms. The summed E-state index contributed by atoms with van der Waals surface area (Å²) in [6.45, 7) is 5.77. The molecule has 1 saturated heterocycles. The van der Waals surface area contributed by atoms with Crippen LogP contribution in [0.4, 0.5) is 0 Å². The van der Waals surface area contributed by atoms with E-state index in [1.807, 2.05) is 4.90 Å². The van der Waals surface area contributed by atoms with Crippen molar-refractivity contribution in [1.82, 2.24) is 14.7 Å². The minimum Gasteiger partial charge on any atom is -0.339 e. The maximum Gasteiger partial charge on any atom is 0.236 e. The van der Waals surface area contributed by atoms with Crippen molar-refractivity contribution in [3.63, 3.8) is 0 Å². The topological polar surface area (TPSA) is 26.8 Å². The van der Waals surface area contributed by atoms with Crippen molar-refractivity contribution in [3.8, 4) is 11.1 Å². The van der Waals surface area contributed by atoms with Crippen molar-refractivity contribution in [2.75, 3.05) is 39.8 Å². The molecule has 4 rings (SSSR count). The molecule has 0 aliphatic carbocycles. The second kappa shape index (κ2) is 6.98. The van der Waals surface area contributed by atoms with E-state index in [1.165, 1.54) is 22.3 Å². The lowest BCUT2D eigenvalue weighted by Gasteiger charge is -2.34. The molecule has 4 nitrogen and oxygen atoms in total. The predicted molar refractivity (Wildman–Crippen MR) is 100 cm³/mol. The molecule has 0 bridgehead atoms. The molecule has 25 heavy (non-hydrogen) atoms. The van der Waals surface area contributed by atoms with Gasteiger partial charge in [0, 0.05) is 39.3 Å². The standard InChI is InChI=1S/C21H25N3O/c1-22-10-12-24(13-11-22)21(25)16-23-14-17-6-2-4-8-19(17)20-9-5-3-7-18(20)15-23/h2-9H,10-16H2,1H3. The number of carbonyl (C=O) groups excluding carboxylic acids is 1. The molecule has 0 unspecified atom stereocenters. The highest BCUT2D eigenvalue weighted by atomic mass is 16.2. The number of piperazine rings is 1. The average molecular weight is 335 g/mol. The lowest BCUT2D eigenvalue weighted by Crippen LogP contribution is -2.49. The first-order valence-electron chi connectivity index (χ1n) is 9.05. The summed E-state index contributed by atoms with van der Waals surface area (Å²) in [4.78, 5) is 19.4. The van der Waals surface area contributed by atoms with Crippen LogP contribution < -0.4 is 0 Å². The van der Waals surface area contributed by atoms with Gasteiger partial charge in [-0.3, -0.25) is 9.69 Å². The summed E-state index contributed by atoms with van der Waals surface area (Å²) < 4.78 is 0.